The Labute approximate surface area is 205 Å². The zero-order valence-electron chi connectivity index (χ0n) is 19.7. The molecule has 35 heavy (non-hydrogen) atoms. The molecule has 0 spiro atoms. The van der Waals surface area contributed by atoms with Crippen LogP contribution in [0.5, 0.6) is 11.5 Å². The van der Waals surface area contributed by atoms with Crippen molar-refractivity contribution >= 4 is 22.9 Å². The Morgan fingerprint density at radius 1 is 1.06 bits per heavy atom. The molecule has 10 heteroatoms. The van der Waals surface area contributed by atoms with Gasteiger partial charge in [-0.2, -0.15) is 0 Å². The Morgan fingerprint density at radius 2 is 1.86 bits per heavy atom. The van der Waals surface area contributed by atoms with Crippen LogP contribution in [0.2, 0.25) is 0 Å². The first kappa shape index (κ1) is 22.7. The molecule has 0 unspecified atom stereocenters. The Hall–Kier alpha value is -4.05. The van der Waals surface area contributed by atoms with Crippen LogP contribution >= 0.6 is 11.8 Å². The SMILES string of the molecule is COc1cccc(-c2nc(CSc3nc4c(=O)[nH]cnc4n3-c3ccc(C)cc3)c(C)o2)c1OC. The highest BCUT2D eigenvalue weighted by Crippen LogP contribution is 2.38. The van der Waals surface area contributed by atoms with E-state index in [2.05, 4.69) is 15.0 Å². The van der Waals surface area contributed by atoms with Gasteiger partial charge in [-0.3, -0.25) is 9.36 Å². The van der Waals surface area contributed by atoms with Gasteiger partial charge < -0.3 is 18.9 Å². The van der Waals surface area contributed by atoms with E-state index in [0.717, 1.165) is 16.9 Å². The number of aromatic nitrogens is 5. The second-order valence-electron chi connectivity index (χ2n) is 7.82. The summed E-state index contributed by atoms with van der Waals surface area (Å²) in [6, 6.07) is 13.5. The fourth-order valence-corrected chi connectivity index (χ4v) is 4.78. The second-order valence-corrected chi connectivity index (χ2v) is 8.76. The van der Waals surface area contributed by atoms with Gasteiger partial charge in [0, 0.05) is 11.4 Å². The molecule has 0 radical (unpaired) electrons. The van der Waals surface area contributed by atoms with Gasteiger partial charge in [0.25, 0.3) is 5.56 Å². The van der Waals surface area contributed by atoms with Gasteiger partial charge in [0.15, 0.2) is 27.8 Å². The van der Waals surface area contributed by atoms with E-state index in [1.54, 1.807) is 14.2 Å². The van der Waals surface area contributed by atoms with Crippen molar-refractivity contribution in [3.05, 3.63) is 76.2 Å². The van der Waals surface area contributed by atoms with Crippen LogP contribution in [0, 0.1) is 13.8 Å². The van der Waals surface area contributed by atoms with Crippen molar-refractivity contribution < 1.29 is 13.9 Å². The molecule has 0 aliphatic rings. The second kappa shape index (κ2) is 9.30. The molecular formula is C25H23N5O4S. The summed E-state index contributed by atoms with van der Waals surface area (Å²) in [6.45, 7) is 3.89. The molecule has 3 aromatic heterocycles. The number of fused-ring (bicyclic) bond motifs is 1. The molecule has 0 amide bonds. The van der Waals surface area contributed by atoms with E-state index in [4.69, 9.17) is 18.9 Å². The molecule has 0 aliphatic heterocycles. The fraction of sp³-hybridized carbons (Fsp3) is 0.200. The molecule has 0 fully saturated rings. The molecule has 178 valence electrons. The number of aromatic amines is 1. The largest absolute Gasteiger partial charge is 0.493 e. The number of imidazole rings is 1. The molecule has 1 N–H and O–H groups in total. The predicted molar refractivity (Wildman–Crippen MR) is 134 cm³/mol. The van der Waals surface area contributed by atoms with Crippen molar-refractivity contribution in [3.8, 4) is 28.6 Å². The monoisotopic (exact) mass is 489 g/mol. The zero-order valence-corrected chi connectivity index (χ0v) is 20.5. The van der Waals surface area contributed by atoms with Gasteiger partial charge in [0.1, 0.15) is 5.76 Å². The molecule has 2 aromatic carbocycles. The third-order valence-corrected chi connectivity index (χ3v) is 6.53. The number of oxazole rings is 1. The first-order valence-electron chi connectivity index (χ1n) is 10.8. The van der Waals surface area contributed by atoms with Crippen LogP contribution in [0.4, 0.5) is 0 Å². The van der Waals surface area contributed by atoms with Gasteiger partial charge in [-0.1, -0.05) is 35.5 Å². The summed E-state index contributed by atoms with van der Waals surface area (Å²) in [5.74, 6) is 2.77. The predicted octanol–water partition coefficient (Wildman–Crippen LogP) is 4.69. The molecule has 0 saturated heterocycles. The zero-order chi connectivity index (χ0) is 24.5. The van der Waals surface area contributed by atoms with E-state index in [-0.39, 0.29) is 11.1 Å². The van der Waals surface area contributed by atoms with Crippen LogP contribution in [-0.4, -0.2) is 38.7 Å². The summed E-state index contributed by atoms with van der Waals surface area (Å²) in [5.41, 5.74) is 3.98. The lowest BCUT2D eigenvalue weighted by Crippen LogP contribution is -2.07. The molecular weight excluding hydrogens is 466 g/mol. The summed E-state index contributed by atoms with van der Waals surface area (Å²) in [7, 11) is 3.17. The Balaban J connectivity index is 1.51. The normalized spacial score (nSPS) is 11.2. The van der Waals surface area contributed by atoms with Crippen molar-refractivity contribution in [2.75, 3.05) is 14.2 Å². The van der Waals surface area contributed by atoms with Crippen molar-refractivity contribution in [1.82, 2.24) is 24.5 Å². The van der Waals surface area contributed by atoms with Crippen LogP contribution in [-0.2, 0) is 5.75 Å². The van der Waals surface area contributed by atoms with Crippen LogP contribution in [0.3, 0.4) is 0 Å². The number of hydrogen-bond acceptors (Lipinski definition) is 8. The minimum Gasteiger partial charge on any atom is -0.493 e. The number of nitrogens with zero attached hydrogens (tertiary/aromatic N) is 4. The van der Waals surface area contributed by atoms with E-state index in [0.29, 0.717) is 45.3 Å². The molecule has 0 atom stereocenters. The highest BCUT2D eigenvalue weighted by atomic mass is 32.2. The molecule has 0 saturated carbocycles. The smallest absolute Gasteiger partial charge is 0.278 e. The maximum absolute atomic E-state index is 12.4. The van der Waals surface area contributed by atoms with E-state index in [1.807, 2.05) is 60.9 Å². The van der Waals surface area contributed by atoms with E-state index in [9.17, 15) is 4.79 Å². The number of H-pyrrole nitrogens is 1. The maximum Gasteiger partial charge on any atom is 0.278 e. The Bertz CT molecular complexity index is 1570. The molecule has 0 aliphatic carbocycles. The standard InChI is InChI=1S/C25H23N5O4S/c1-14-8-10-16(11-9-14)30-22-20(23(31)27-13-26-22)29-25(30)35-12-18-15(2)34-24(28-18)17-6-5-7-19(32-3)21(17)33-4/h5-11,13H,12H2,1-4H3,(H,26,27,31). The molecule has 0 bridgehead atoms. The lowest BCUT2D eigenvalue weighted by molar-refractivity contribution is 0.355. The topological polar surface area (TPSA) is 108 Å². The van der Waals surface area contributed by atoms with Gasteiger partial charge in [-0.25, -0.2) is 15.0 Å². The van der Waals surface area contributed by atoms with Gasteiger partial charge >= 0.3 is 0 Å². The minimum atomic E-state index is -0.285. The lowest BCUT2D eigenvalue weighted by atomic mass is 10.2. The van der Waals surface area contributed by atoms with Gasteiger partial charge in [0.05, 0.1) is 31.8 Å². The number of benzene rings is 2. The number of rotatable bonds is 7. The van der Waals surface area contributed by atoms with E-state index >= 15 is 0 Å². The molecule has 3 heterocycles. The summed E-state index contributed by atoms with van der Waals surface area (Å²) < 4.78 is 18.8. The summed E-state index contributed by atoms with van der Waals surface area (Å²) >= 11 is 1.45. The first-order chi connectivity index (χ1) is 17.0. The molecule has 9 nitrogen and oxygen atoms in total. The number of methoxy groups -OCH3 is 2. The van der Waals surface area contributed by atoms with Crippen molar-refractivity contribution in [2.24, 2.45) is 0 Å². The molecule has 5 aromatic rings. The maximum atomic E-state index is 12.4. The van der Waals surface area contributed by atoms with Crippen LogP contribution < -0.4 is 15.0 Å². The number of thioether (sulfide) groups is 1. The first-order valence-corrected chi connectivity index (χ1v) is 11.8. The summed E-state index contributed by atoms with van der Waals surface area (Å²) in [6.07, 6.45) is 1.39. The van der Waals surface area contributed by atoms with E-state index < -0.39 is 0 Å². The van der Waals surface area contributed by atoms with Gasteiger partial charge in [0.2, 0.25) is 5.89 Å². The quantitative estimate of drug-likeness (QED) is 0.328. The number of aryl methyl sites for hydroxylation is 2. The van der Waals surface area contributed by atoms with Gasteiger partial charge in [-0.05, 0) is 38.1 Å². The lowest BCUT2D eigenvalue weighted by Gasteiger charge is -2.10. The minimum absolute atomic E-state index is 0.285. The van der Waals surface area contributed by atoms with Crippen LogP contribution in [0.1, 0.15) is 17.0 Å². The van der Waals surface area contributed by atoms with E-state index in [1.165, 1.54) is 18.1 Å². The number of hydrogen-bond donors (Lipinski definition) is 1. The number of para-hydroxylation sites is 1. The third kappa shape index (κ3) is 4.17. The van der Waals surface area contributed by atoms with Crippen molar-refractivity contribution in [3.63, 3.8) is 0 Å². The average Bonchev–Trinajstić information content (AvgIpc) is 3.43. The van der Waals surface area contributed by atoms with Gasteiger partial charge in [-0.15, -0.1) is 0 Å². The number of nitrogens with one attached hydrogen (secondary N) is 1. The van der Waals surface area contributed by atoms with Crippen molar-refractivity contribution in [1.29, 1.82) is 0 Å². The average molecular weight is 490 g/mol. The Kier molecular flexibility index (Phi) is 6.04. The third-order valence-electron chi connectivity index (χ3n) is 5.58. The fourth-order valence-electron chi connectivity index (χ4n) is 3.77. The van der Waals surface area contributed by atoms with Crippen LogP contribution in [0.25, 0.3) is 28.3 Å². The highest BCUT2D eigenvalue weighted by Gasteiger charge is 2.21. The Morgan fingerprint density at radius 3 is 2.60 bits per heavy atom. The summed E-state index contributed by atoms with van der Waals surface area (Å²) in [5, 5.41) is 0.635. The number of ether oxygens (including phenoxy) is 2. The van der Waals surface area contributed by atoms with Crippen LogP contribution in [0.15, 0.2) is 63.2 Å². The highest BCUT2D eigenvalue weighted by molar-refractivity contribution is 7.98. The van der Waals surface area contributed by atoms with Crippen molar-refractivity contribution in [2.45, 2.75) is 24.8 Å². The molecule has 5 rings (SSSR count). The summed E-state index contributed by atoms with van der Waals surface area (Å²) in [4.78, 5) is 28.7.